The number of morpholine rings is 1. The number of ether oxygens (including phenoxy) is 2. The normalized spacial score (nSPS) is 14.5. The summed E-state index contributed by atoms with van der Waals surface area (Å²) in [5, 5.41) is 5.71. The predicted molar refractivity (Wildman–Crippen MR) is 135 cm³/mol. The number of methoxy groups -OCH3 is 1. The molecule has 0 saturated carbocycles. The van der Waals surface area contributed by atoms with Gasteiger partial charge in [0.1, 0.15) is 17.0 Å². The topological polar surface area (TPSA) is 72.7 Å². The molecule has 2 aromatic heterocycles. The molecule has 8 nitrogen and oxygen atoms in total. The largest absolute Gasteiger partial charge is 0.494 e. The zero-order chi connectivity index (χ0) is 22.8. The Labute approximate surface area is 208 Å². The van der Waals surface area contributed by atoms with E-state index in [9.17, 15) is 4.79 Å². The molecule has 4 rings (SSSR count). The first-order valence-corrected chi connectivity index (χ1v) is 11.9. The highest BCUT2D eigenvalue weighted by Gasteiger charge is 2.27. The number of aryl methyl sites for hydroxylation is 1. The second-order valence-corrected chi connectivity index (χ2v) is 9.43. The molecule has 1 aliphatic rings. The summed E-state index contributed by atoms with van der Waals surface area (Å²) in [4.78, 5) is 22.6. The number of carbonyl (C=O) groups is 1. The first-order valence-electron chi connectivity index (χ1n) is 10.7. The van der Waals surface area contributed by atoms with Crippen LogP contribution in [-0.4, -0.2) is 72.1 Å². The predicted octanol–water partition coefficient (Wildman–Crippen LogP) is 4.44. The fraction of sp³-hybridized carbons (Fsp3) is 0.500. The quantitative estimate of drug-likeness (QED) is 0.464. The fourth-order valence-corrected chi connectivity index (χ4v) is 5.06. The molecule has 1 saturated heterocycles. The van der Waals surface area contributed by atoms with E-state index in [1.54, 1.807) is 28.8 Å². The maximum absolute atomic E-state index is 13.8. The molecule has 0 bridgehead atoms. The molecule has 0 atom stereocenters. The lowest BCUT2D eigenvalue weighted by Crippen LogP contribution is -2.43. The van der Waals surface area contributed by atoms with Crippen molar-refractivity contribution in [2.24, 2.45) is 0 Å². The maximum Gasteiger partial charge on any atom is 0.278 e. The Balaban J connectivity index is 0.00000306. The lowest BCUT2D eigenvalue weighted by molar-refractivity contribution is 0.0391. The van der Waals surface area contributed by atoms with Crippen LogP contribution in [-0.2, 0) is 4.74 Å². The fourth-order valence-electron chi connectivity index (χ4n) is 3.78. The van der Waals surface area contributed by atoms with Crippen LogP contribution < -0.4 is 9.64 Å². The molecule has 0 aliphatic carbocycles. The highest BCUT2D eigenvalue weighted by Crippen LogP contribution is 2.39. The lowest BCUT2D eigenvalue weighted by Gasteiger charge is -2.29. The van der Waals surface area contributed by atoms with E-state index in [0.717, 1.165) is 30.0 Å². The van der Waals surface area contributed by atoms with Gasteiger partial charge in [-0.15, -0.1) is 12.4 Å². The number of benzene rings is 1. The summed E-state index contributed by atoms with van der Waals surface area (Å²) in [6.07, 6.45) is 0. The molecule has 0 N–H and O–H groups in total. The van der Waals surface area contributed by atoms with Gasteiger partial charge in [-0.25, -0.2) is 4.98 Å². The van der Waals surface area contributed by atoms with Crippen molar-refractivity contribution >= 4 is 56.6 Å². The van der Waals surface area contributed by atoms with E-state index in [-0.39, 0.29) is 24.4 Å². The number of aromatic nitrogens is 3. The zero-order valence-electron chi connectivity index (χ0n) is 19.2. The Morgan fingerprint density at radius 3 is 2.73 bits per heavy atom. The molecule has 33 heavy (non-hydrogen) atoms. The van der Waals surface area contributed by atoms with Crippen LogP contribution in [0.4, 0.5) is 5.13 Å². The summed E-state index contributed by atoms with van der Waals surface area (Å²) in [6.45, 7) is 10.3. The minimum absolute atomic E-state index is 0. The molecular weight excluding hydrogens is 485 g/mol. The number of halogens is 2. The van der Waals surface area contributed by atoms with E-state index in [1.165, 1.54) is 11.3 Å². The molecule has 1 fully saturated rings. The molecule has 1 aliphatic heterocycles. The van der Waals surface area contributed by atoms with Crippen molar-refractivity contribution in [2.45, 2.75) is 26.8 Å². The SMILES string of the molecule is COc1ccc(Cl)c2sc(N(CCN3CCOCC3)C(=O)c3cc(C)nn3C(C)C)nc12.Cl. The first kappa shape index (κ1) is 25.7. The smallest absolute Gasteiger partial charge is 0.278 e. The third-order valence-corrected chi connectivity index (χ3v) is 6.99. The Bertz CT molecular complexity index is 1110. The van der Waals surface area contributed by atoms with Crippen LogP contribution in [0.15, 0.2) is 18.2 Å². The van der Waals surface area contributed by atoms with E-state index < -0.39 is 0 Å². The lowest BCUT2D eigenvalue weighted by atomic mass is 10.3. The van der Waals surface area contributed by atoms with E-state index in [1.807, 2.05) is 26.8 Å². The minimum Gasteiger partial charge on any atom is -0.494 e. The second kappa shape index (κ2) is 11.0. The van der Waals surface area contributed by atoms with Crippen LogP contribution in [0, 0.1) is 6.92 Å². The molecule has 0 radical (unpaired) electrons. The second-order valence-electron chi connectivity index (χ2n) is 8.04. The number of hydrogen-bond donors (Lipinski definition) is 0. The van der Waals surface area contributed by atoms with Gasteiger partial charge in [-0.05, 0) is 39.0 Å². The number of rotatable bonds is 7. The van der Waals surface area contributed by atoms with Gasteiger partial charge in [-0.1, -0.05) is 22.9 Å². The van der Waals surface area contributed by atoms with Crippen molar-refractivity contribution in [3.05, 3.63) is 34.6 Å². The van der Waals surface area contributed by atoms with Gasteiger partial charge >= 0.3 is 0 Å². The van der Waals surface area contributed by atoms with Crippen LogP contribution in [0.1, 0.15) is 36.1 Å². The minimum atomic E-state index is -0.123. The Hall–Kier alpha value is -1.91. The Kier molecular flexibility index (Phi) is 8.58. The molecule has 0 unspecified atom stereocenters. The van der Waals surface area contributed by atoms with Crippen molar-refractivity contribution in [3.8, 4) is 5.75 Å². The summed E-state index contributed by atoms with van der Waals surface area (Å²) >= 11 is 7.85. The summed E-state index contributed by atoms with van der Waals surface area (Å²) in [5.74, 6) is 0.511. The Morgan fingerprint density at radius 1 is 1.33 bits per heavy atom. The molecular formula is C22H29Cl2N5O3S. The highest BCUT2D eigenvalue weighted by molar-refractivity contribution is 7.23. The third-order valence-electron chi connectivity index (χ3n) is 5.45. The average molecular weight is 514 g/mol. The highest BCUT2D eigenvalue weighted by atomic mass is 35.5. The van der Waals surface area contributed by atoms with Gasteiger partial charge in [0.25, 0.3) is 5.91 Å². The van der Waals surface area contributed by atoms with Crippen LogP contribution in [0.25, 0.3) is 10.2 Å². The van der Waals surface area contributed by atoms with Crippen LogP contribution in [0.2, 0.25) is 5.02 Å². The monoisotopic (exact) mass is 513 g/mol. The van der Waals surface area contributed by atoms with Crippen molar-refractivity contribution in [1.82, 2.24) is 19.7 Å². The van der Waals surface area contributed by atoms with Crippen molar-refractivity contribution in [3.63, 3.8) is 0 Å². The molecule has 3 aromatic rings. The van der Waals surface area contributed by atoms with Gasteiger partial charge in [-0.2, -0.15) is 5.10 Å². The molecule has 180 valence electrons. The van der Waals surface area contributed by atoms with Gasteiger partial charge in [0.2, 0.25) is 0 Å². The van der Waals surface area contributed by atoms with Gasteiger partial charge < -0.3 is 9.47 Å². The third kappa shape index (κ3) is 5.44. The summed E-state index contributed by atoms with van der Waals surface area (Å²) < 4.78 is 13.5. The number of hydrogen-bond acceptors (Lipinski definition) is 7. The number of fused-ring (bicyclic) bond motifs is 1. The zero-order valence-corrected chi connectivity index (χ0v) is 21.6. The summed E-state index contributed by atoms with van der Waals surface area (Å²) in [5.41, 5.74) is 2.03. The van der Waals surface area contributed by atoms with Crippen molar-refractivity contribution < 1.29 is 14.3 Å². The van der Waals surface area contributed by atoms with E-state index >= 15 is 0 Å². The maximum atomic E-state index is 13.8. The molecule has 3 heterocycles. The van der Waals surface area contributed by atoms with Gasteiger partial charge in [0, 0.05) is 32.2 Å². The first-order chi connectivity index (χ1) is 15.4. The molecule has 0 spiro atoms. The van der Waals surface area contributed by atoms with Crippen molar-refractivity contribution in [2.75, 3.05) is 51.4 Å². The van der Waals surface area contributed by atoms with Gasteiger partial charge in [0.15, 0.2) is 5.13 Å². The Morgan fingerprint density at radius 2 is 2.06 bits per heavy atom. The van der Waals surface area contributed by atoms with Crippen molar-refractivity contribution in [1.29, 1.82) is 0 Å². The van der Waals surface area contributed by atoms with Gasteiger partial charge in [-0.3, -0.25) is 19.3 Å². The van der Waals surface area contributed by atoms with E-state index in [0.29, 0.717) is 46.9 Å². The number of amides is 1. The van der Waals surface area contributed by atoms with Crippen LogP contribution in [0.3, 0.4) is 0 Å². The number of anilines is 1. The van der Waals surface area contributed by atoms with Crippen LogP contribution >= 0.6 is 35.3 Å². The molecule has 11 heteroatoms. The number of carbonyl (C=O) groups excluding carboxylic acids is 1. The molecule has 1 aromatic carbocycles. The average Bonchev–Trinajstić information content (AvgIpc) is 3.40. The van der Waals surface area contributed by atoms with E-state index in [2.05, 4.69) is 10.00 Å². The van der Waals surface area contributed by atoms with Gasteiger partial charge in [0.05, 0.1) is 35.7 Å². The van der Waals surface area contributed by atoms with E-state index in [4.69, 9.17) is 26.1 Å². The standard InChI is InChI=1S/C22H28ClN5O3S.ClH/c1-14(2)28-17(13-15(3)25-28)21(29)27(8-7-26-9-11-31-12-10-26)22-24-19-18(30-4)6-5-16(23)20(19)32-22;/h5-6,13-14H,7-12H2,1-4H3;1H. The van der Waals surface area contributed by atoms with Crippen LogP contribution in [0.5, 0.6) is 5.75 Å². The molecule has 1 amide bonds. The number of nitrogens with zero attached hydrogens (tertiary/aromatic N) is 5. The summed E-state index contributed by atoms with van der Waals surface area (Å²) in [6, 6.07) is 5.49. The number of thiazole rings is 1. The summed E-state index contributed by atoms with van der Waals surface area (Å²) in [7, 11) is 1.60.